The summed E-state index contributed by atoms with van der Waals surface area (Å²) >= 11 is 0. The summed E-state index contributed by atoms with van der Waals surface area (Å²) in [5.74, 6) is -0.473. The molecule has 0 saturated heterocycles. The van der Waals surface area contributed by atoms with Gasteiger partial charge in [-0.1, -0.05) is 6.08 Å². The van der Waals surface area contributed by atoms with Crippen LogP contribution in [0.25, 0.3) is 0 Å². The second-order valence-electron chi connectivity index (χ2n) is 1.31. The third kappa shape index (κ3) is 5.03. The van der Waals surface area contributed by atoms with Gasteiger partial charge in [0.1, 0.15) is 0 Å². The lowest BCUT2D eigenvalue weighted by atomic mass is 10.5. The molecule has 0 saturated carbocycles. The molecule has 0 aliphatic heterocycles. The molecule has 52 valence electrons. The van der Waals surface area contributed by atoms with E-state index in [9.17, 15) is 4.79 Å². The molecule has 9 heavy (non-hydrogen) atoms. The van der Waals surface area contributed by atoms with E-state index >= 15 is 0 Å². The fraction of sp³-hybridized carbons (Fsp3) is 0.500. The zero-order valence-corrected chi connectivity index (χ0v) is 5.59. The quantitative estimate of drug-likeness (QED) is 0.325. The number of carbonyl (C=O) groups excluding carboxylic acids is 1. The van der Waals surface area contributed by atoms with Crippen LogP contribution in [0.4, 0.5) is 0 Å². The lowest BCUT2D eigenvalue weighted by Gasteiger charge is -1.94. The van der Waals surface area contributed by atoms with Crippen LogP contribution in [0.2, 0.25) is 0 Å². The third-order valence-corrected chi connectivity index (χ3v) is 0.562. The van der Waals surface area contributed by atoms with Gasteiger partial charge >= 0.3 is 5.97 Å². The third-order valence-electron chi connectivity index (χ3n) is 0.562. The molecule has 0 atom stereocenters. The molecule has 0 amide bonds. The van der Waals surface area contributed by atoms with Gasteiger partial charge in [0.25, 0.3) is 0 Å². The lowest BCUT2D eigenvalue weighted by molar-refractivity contribution is -0.264. The van der Waals surface area contributed by atoms with E-state index < -0.39 is 5.97 Å². The molecule has 0 aliphatic rings. The summed E-state index contributed by atoms with van der Waals surface area (Å²) in [5, 5.41) is 0. The van der Waals surface area contributed by atoms with Crippen molar-refractivity contribution < 1.29 is 14.6 Å². The van der Waals surface area contributed by atoms with Crippen LogP contribution < -0.4 is 0 Å². The Bertz CT molecular complexity index is 107. The maximum atomic E-state index is 10.4. The van der Waals surface area contributed by atoms with Gasteiger partial charge in [-0.05, 0) is 13.8 Å². The van der Waals surface area contributed by atoms with E-state index in [1.807, 2.05) is 0 Å². The van der Waals surface area contributed by atoms with E-state index in [1.165, 1.54) is 6.08 Å². The Balaban J connectivity index is 3.27. The van der Waals surface area contributed by atoms with Crippen molar-refractivity contribution in [3.63, 3.8) is 0 Å². The molecule has 0 aliphatic carbocycles. The van der Waals surface area contributed by atoms with Crippen molar-refractivity contribution in [2.45, 2.75) is 13.8 Å². The van der Waals surface area contributed by atoms with Crippen LogP contribution in [-0.2, 0) is 14.6 Å². The first-order valence-electron chi connectivity index (χ1n) is 2.77. The van der Waals surface area contributed by atoms with Crippen molar-refractivity contribution in [3.05, 3.63) is 12.2 Å². The second-order valence-corrected chi connectivity index (χ2v) is 1.31. The summed E-state index contributed by atoms with van der Waals surface area (Å²) in [6.07, 6.45) is 2.87. The molecule has 0 aromatic heterocycles. The van der Waals surface area contributed by atoms with Gasteiger partial charge in [-0.3, -0.25) is 4.89 Å². The van der Waals surface area contributed by atoms with Gasteiger partial charge in [0.05, 0.1) is 6.61 Å². The molecule has 0 heterocycles. The van der Waals surface area contributed by atoms with E-state index in [4.69, 9.17) is 0 Å². The maximum Gasteiger partial charge on any atom is 0.365 e. The van der Waals surface area contributed by atoms with Gasteiger partial charge in [0, 0.05) is 6.08 Å². The van der Waals surface area contributed by atoms with Crippen LogP contribution in [0.15, 0.2) is 12.2 Å². The predicted molar refractivity (Wildman–Crippen MR) is 32.5 cm³/mol. The van der Waals surface area contributed by atoms with Gasteiger partial charge in [-0.2, -0.15) is 4.89 Å². The first-order valence-corrected chi connectivity index (χ1v) is 2.77. The van der Waals surface area contributed by atoms with Crippen molar-refractivity contribution in [2.75, 3.05) is 6.61 Å². The Morgan fingerprint density at radius 3 is 2.78 bits per heavy atom. The fourth-order valence-electron chi connectivity index (χ4n) is 0.281. The zero-order valence-electron chi connectivity index (χ0n) is 5.59. The van der Waals surface area contributed by atoms with Gasteiger partial charge in [-0.25, -0.2) is 4.79 Å². The SMILES string of the molecule is CC=CC(=O)OOCC. The molecule has 0 aromatic carbocycles. The highest BCUT2D eigenvalue weighted by atomic mass is 17.2. The molecule has 3 heteroatoms. The summed E-state index contributed by atoms with van der Waals surface area (Å²) in [5.41, 5.74) is 0. The highest BCUT2D eigenvalue weighted by Gasteiger charge is 1.92. The minimum absolute atomic E-state index is 0.378. The number of hydrogen-bond acceptors (Lipinski definition) is 3. The average molecular weight is 130 g/mol. The fourth-order valence-corrected chi connectivity index (χ4v) is 0.281. The molecule has 0 N–H and O–H groups in total. The molecule has 0 aromatic rings. The van der Waals surface area contributed by atoms with Crippen LogP contribution >= 0.6 is 0 Å². The molecule has 0 fully saturated rings. The summed E-state index contributed by atoms with van der Waals surface area (Å²) in [4.78, 5) is 18.9. The molecule has 0 bridgehead atoms. The first kappa shape index (κ1) is 8.17. The van der Waals surface area contributed by atoms with Crippen molar-refractivity contribution in [3.8, 4) is 0 Å². The summed E-state index contributed by atoms with van der Waals surface area (Å²) < 4.78 is 0. The molecular formula is C6H10O3. The molecule has 0 rings (SSSR count). The Hall–Kier alpha value is -0.830. The second kappa shape index (κ2) is 5.31. The Kier molecular flexibility index (Phi) is 4.82. The molecule has 0 radical (unpaired) electrons. The zero-order chi connectivity index (χ0) is 7.11. The molecular weight excluding hydrogens is 120 g/mol. The van der Waals surface area contributed by atoms with Gasteiger partial charge in [-0.15, -0.1) is 0 Å². The van der Waals surface area contributed by atoms with Gasteiger partial charge in [0.2, 0.25) is 0 Å². The van der Waals surface area contributed by atoms with E-state index in [0.29, 0.717) is 6.61 Å². The highest BCUT2D eigenvalue weighted by molar-refractivity contribution is 5.81. The van der Waals surface area contributed by atoms with E-state index in [0.717, 1.165) is 0 Å². The molecule has 0 spiro atoms. The van der Waals surface area contributed by atoms with Crippen LogP contribution in [0.1, 0.15) is 13.8 Å². The largest absolute Gasteiger partial charge is 0.365 e. The summed E-state index contributed by atoms with van der Waals surface area (Å²) in [6.45, 7) is 3.85. The number of allylic oxidation sites excluding steroid dienone is 1. The van der Waals surface area contributed by atoms with Crippen LogP contribution in [0, 0.1) is 0 Å². The smallest absolute Gasteiger partial charge is 0.294 e. The van der Waals surface area contributed by atoms with Crippen molar-refractivity contribution >= 4 is 5.97 Å². The van der Waals surface area contributed by atoms with Crippen LogP contribution in [0.5, 0.6) is 0 Å². The summed E-state index contributed by atoms with van der Waals surface area (Å²) in [7, 11) is 0. The van der Waals surface area contributed by atoms with E-state index in [-0.39, 0.29) is 0 Å². The topological polar surface area (TPSA) is 35.5 Å². The predicted octanol–water partition coefficient (Wildman–Crippen LogP) is 1.06. The standard InChI is InChI=1S/C6H10O3/c1-3-5-6(7)9-8-4-2/h3,5H,4H2,1-2H3. The number of carbonyl (C=O) groups is 1. The lowest BCUT2D eigenvalue weighted by Crippen LogP contribution is -2.00. The minimum Gasteiger partial charge on any atom is -0.294 e. The Morgan fingerprint density at radius 1 is 1.67 bits per heavy atom. The first-order chi connectivity index (χ1) is 4.31. The number of rotatable bonds is 3. The number of hydrogen-bond donors (Lipinski definition) is 0. The van der Waals surface area contributed by atoms with Gasteiger partial charge < -0.3 is 0 Å². The van der Waals surface area contributed by atoms with Crippen LogP contribution in [-0.4, -0.2) is 12.6 Å². The Morgan fingerprint density at radius 2 is 2.33 bits per heavy atom. The van der Waals surface area contributed by atoms with Gasteiger partial charge in [0.15, 0.2) is 0 Å². The monoisotopic (exact) mass is 130 g/mol. The van der Waals surface area contributed by atoms with Crippen molar-refractivity contribution in [1.82, 2.24) is 0 Å². The maximum absolute atomic E-state index is 10.4. The molecule has 3 nitrogen and oxygen atoms in total. The normalized spacial score (nSPS) is 10.0. The van der Waals surface area contributed by atoms with Crippen molar-refractivity contribution in [1.29, 1.82) is 0 Å². The van der Waals surface area contributed by atoms with E-state index in [2.05, 4.69) is 9.78 Å². The average Bonchev–Trinajstić information content (AvgIpc) is 1.85. The Labute approximate surface area is 54.2 Å². The van der Waals surface area contributed by atoms with Crippen LogP contribution in [0.3, 0.4) is 0 Å². The minimum atomic E-state index is -0.473. The highest BCUT2D eigenvalue weighted by Crippen LogP contribution is 1.81. The molecule has 0 unspecified atom stereocenters. The van der Waals surface area contributed by atoms with Crippen molar-refractivity contribution in [2.24, 2.45) is 0 Å². The summed E-state index contributed by atoms with van der Waals surface area (Å²) in [6, 6.07) is 0. The van der Waals surface area contributed by atoms with E-state index in [1.54, 1.807) is 19.9 Å².